The lowest BCUT2D eigenvalue weighted by atomic mass is 9.95. The summed E-state index contributed by atoms with van der Waals surface area (Å²) >= 11 is 3.28. The fourth-order valence-electron chi connectivity index (χ4n) is 3.45. The van der Waals surface area contributed by atoms with E-state index in [1.54, 1.807) is 48.5 Å². The van der Waals surface area contributed by atoms with E-state index >= 15 is 0 Å². The van der Waals surface area contributed by atoms with Gasteiger partial charge < -0.3 is 5.11 Å². The summed E-state index contributed by atoms with van der Waals surface area (Å²) in [4.78, 5) is 42.1. The lowest BCUT2D eigenvalue weighted by molar-refractivity contribution is -0.384. The van der Waals surface area contributed by atoms with Crippen molar-refractivity contribution in [1.82, 2.24) is 4.98 Å². The van der Waals surface area contributed by atoms with E-state index in [1.165, 1.54) is 24.4 Å². The Bertz CT molecular complexity index is 1230. The molecule has 1 aliphatic rings. The van der Waals surface area contributed by atoms with E-state index in [0.29, 0.717) is 15.6 Å². The van der Waals surface area contributed by atoms with Crippen molar-refractivity contribution >= 4 is 44.9 Å². The van der Waals surface area contributed by atoms with E-state index in [9.17, 15) is 24.8 Å². The van der Waals surface area contributed by atoms with Gasteiger partial charge in [-0.3, -0.25) is 24.6 Å². The average molecular weight is 480 g/mol. The van der Waals surface area contributed by atoms with Gasteiger partial charge >= 0.3 is 5.91 Å². The van der Waals surface area contributed by atoms with Crippen LogP contribution in [0, 0.1) is 10.1 Å². The molecule has 1 atom stereocenters. The van der Waals surface area contributed by atoms with Gasteiger partial charge in [0.1, 0.15) is 11.6 Å². The predicted molar refractivity (Wildman–Crippen MR) is 116 cm³/mol. The number of nitro groups is 1. The van der Waals surface area contributed by atoms with E-state index in [2.05, 4.69) is 20.9 Å². The van der Waals surface area contributed by atoms with Gasteiger partial charge in [0.05, 0.1) is 16.5 Å². The zero-order valence-corrected chi connectivity index (χ0v) is 17.4. The van der Waals surface area contributed by atoms with Crippen molar-refractivity contribution in [3.63, 3.8) is 0 Å². The third-order valence-electron chi connectivity index (χ3n) is 4.85. The zero-order valence-electron chi connectivity index (χ0n) is 15.8. The van der Waals surface area contributed by atoms with Crippen LogP contribution in [-0.4, -0.2) is 26.7 Å². The number of hydrogen-bond donors (Lipinski definition) is 1. The lowest BCUT2D eigenvalue weighted by Gasteiger charge is -2.24. The van der Waals surface area contributed by atoms with Gasteiger partial charge in [-0.15, -0.1) is 0 Å². The molecule has 9 heteroatoms. The number of non-ortho nitro benzene ring substituents is 1. The molecule has 0 bridgehead atoms. The first kappa shape index (κ1) is 20.4. The van der Waals surface area contributed by atoms with Crippen molar-refractivity contribution in [2.24, 2.45) is 0 Å². The number of hydrogen-bond acceptors (Lipinski definition) is 6. The fourth-order valence-corrected chi connectivity index (χ4v) is 3.69. The Morgan fingerprint density at radius 2 is 1.81 bits per heavy atom. The molecule has 1 unspecified atom stereocenters. The summed E-state index contributed by atoms with van der Waals surface area (Å²) in [6, 6.07) is 16.0. The average Bonchev–Trinajstić information content (AvgIpc) is 3.05. The molecule has 0 spiro atoms. The largest absolute Gasteiger partial charge is 0.507 e. The quantitative estimate of drug-likeness (QED) is 0.195. The Labute approximate surface area is 184 Å². The van der Waals surface area contributed by atoms with Crippen molar-refractivity contribution in [1.29, 1.82) is 0 Å². The predicted octanol–water partition coefficient (Wildman–Crippen LogP) is 4.38. The first-order valence-corrected chi connectivity index (χ1v) is 9.90. The number of pyridine rings is 1. The van der Waals surface area contributed by atoms with Gasteiger partial charge in [0.15, 0.2) is 0 Å². The van der Waals surface area contributed by atoms with Crippen molar-refractivity contribution in [3.8, 4) is 0 Å². The third-order valence-corrected chi connectivity index (χ3v) is 5.32. The number of nitro benzene ring substituents is 1. The van der Waals surface area contributed by atoms with Crippen LogP contribution < -0.4 is 4.90 Å². The molecule has 1 amide bonds. The SMILES string of the molecule is O=C1C(=O)N(c2ccc(Br)cn2)C(c2cccc([N+](=O)[O-])c2)/C1=C(/O)c1ccccc1. The highest BCUT2D eigenvalue weighted by molar-refractivity contribution is 9.10. The third kappa shape index (κ3) is 3.71. The summed E-state index contributed by atoms with van der Waals surface area (Å²) in [6.07, 6.45) is 1.47. The fraction of sp³-hybridized carbons (Fsp3) is 0.0455. The lowest BCUT2D eigenvalue weighted by Crippen LogP contribution is -2.30. The topological polar surface area (TPSA) is 114 Å². The minimum atomic E-state index is -1.09. The van der Waals surface area contributed by atoms with Crippen LogP contribution in [0.1, 0.15) is 17.2 Å². The van der Waals surface area contributed by atoms with Crippen LogP contribution in [-0.2, 0) is 9.59 Å². The van der Waals surface area contributed by atoms with E-state index in [0.717, 1.165) is 4.90 Å². The van der Waals surface area contributed by atoms with Crippen LogP contribution >= 0.6 is 15.9 Å². The Hall–Kier alpha value is -3.85. The van der Waals surface area contributed by atoms with Crippen LogP contribution in [0.15, 0.2) is 83.0 Å². The van der Waals surface area contributed by atoms with Gasteiger partial charge in [-0.2, -0.15) is 0 Å². The van der Waals surface area contributed by atoms with Crippen LogP contribution in [0.3, 0.4) is 0 Å². The molecule has 2 heterocycles. The molecule has 1 aliphatic heterocycles. The molecular weight excluding hydrogens is 466 g/mol. The number of aliphatic hydroxyl groups is 1. The van der Waals surface area contributed by atoms with Gasteiger partial charge in [0.2, 0.25) is 0 Å². The Balaban J connectivity index is 1.97. The number of carbonyl (C=O) groups excluding carboxylic acids is 2. The van der Waals surface area contributed by atoms with Gasteiger partial charge in [-0.05, 0) is 33.6 Å². The zero-order chi connectivity index (χ0) is 22.1. The Morgan fingerprint density at radius 1 is 1.06 bits per heavy atom. The number of aliphatic hydroxyl groups excluding tert-OH is 1. The highest BCUT2D eigenvalue weighted by atomic mass is 79.9. The maximum atomic E-state index is 13.0. The van der Waals surface area contributed by atoms with E-state index in [1.807, 2.05) is 0 Å². The summed E-state index contributed by atoms with van der Waals surface area (Å²) in [6.45, 7) is 0. The summed E-state index contributed by atoms with van der Waals surface area (Å²) in [7, 11) is 0. The monoisotopic (exact) mass is 479 g/mol. The van der Waals surface area contributed by atoms with Crippen molar-refractivity contribution in [3.05, 3.63) is 104 Å². The number of ketones is 1. The second-order valence-electron chi connectivity index (χ2n) is 6.72. The Kier molecular flexibility index (Phi) is 5.35. The molecule has 154 valence electrons. The molecule has 1 fully saturated rings. The van der Waals surface area contributed by atoms with Gasteiger partial charge in [-0.1, -0.05) is 42.5 Å². The minimum absolute atomic E-state index is 0.165. The van der Waals surface area contributed by atoms with E-state index < -0.39 is 22.7 Å². The summed E-state index contributed by atoms with van der Waals surface area (Å²) in [5.74, 6) is -1.98. The van der Waals surface area contributed by atoms with E-state index in [-0.39, 0.29) is 22.8 Å². The van der Waals surface area contributed by atoms with Crippen molar-refractivity contribution < 1.29 is 19.6 Å². The second-order valence-corrected chi connectivity index (χ2v) is 7.64. The van der Waals surface area contributed by atoms with Crippen molar-refractivity contribution in [2.45, 2.75) is 6.04 Å². The molecule has 0 aliphatic carbocycles. The number of nitrogens with zero attached hydrogens (tertiary/aromatic N) is 3. The first-order chi connectivity index (χ1) is 14.9. The molecule has 0 saturated carbocycles. The molecule has 31 heavy (non-hydrogen) atoms. The standard InChI is InChI=1S/C22H14BrN3O5/c23-15-9-10-17(24-12-15)25-19(14-7-4-8-16(11-14)26(30)31)18(21(28)22(25)29)20(27)13-5-2-1-3-6-13/h1-12,19,27H/b20-18-. The molecular formula is C22H14BrN3O5. The Morgan fingerprint density at radius 3 is 2.45 bits per heavy atom. The molecule has 2 aromatic carbocycles. The van der Waals surface area contributed by atoms with Crippen LogP contribution in [0.4, 0.5) is 11.5 Å². The van der Waals surface area contributed by atoms with Gasteiger partial charge in [0.25, 0.3) is 11.5 Å². The highest BCUT2D eigenvalue weighted by Crippen LogP contribution is 2.42. The summed E-state index contributed by atoms with van der Waals surface area (Å²) in [5.41, 5.74) is 0.281. The maximum Gasteiger partial charge on any atom is 0.301 e. The summed E-state index contributed by atoms with van der Waals surface area (Å²) in [5, 5.41) is 22.2. The van der Waals surface area contributed by atoms with Gasteiger partial charge in [0, 0.05) is 28.4 Å². The smallest absolute Gasteiger partial charge is 0.301 e. The number of Topliss-reactive ketones (excluding diaryl/α,β-unsaturated/α-hetero) is 1. The number of aromatic nitrogens is 1. The van der Waals surface area contributed by atoms with Crippen molar-refractivity contribution in [2.75, 3.05) is 4.90 Å². The second kappa shape index (κ2) is 8.11. The number of halogens is 1. The maximum absolute atomic E-state index is 13.0. The molecule has 4 rings (SSSR count). The molecule has 0 radical (unpaired) electrons. The molecule has 1 saturated heterocycles. The summed E-state index contributed by atoms with van der Waals surface area (Å²) < 4.78 is 0.670. The van der Waals surface area contributed by atoms with E-state index in [4.69, 9.17) is 0 Å². The van der Waals surface area contributed by atoms with Crippen LogP contribution in [0.5, 0.6) is 0 Å². The first-order valence-electron chi connectivity index (χ1n) is 9.11. The molecule has 8 nitrogen and oxygen atoms in total. The normalized spacial score (nSPS) is 17.7. The molecule has 1 aromatic heterocycles. The number of amides is 1. The van der Waals surface area contributed by atoms with Crippen LogP contribution in [0.25, 0.3) is 5.76 Å². The van der Waals surface area contributed by atoms with Gasteiger partial charge in [-0.25, -0.2) is 4.98 Å². The number of anilines is 1. The minimum Gasteiger partial charge on any atom is -0.507 e. The molecule has 3 aromatic rings. The number of benzene rings is 2. The molecule has 1 N–H and O–H groups in total. The number of carbonyl (C=O) groups is 2. The number of rotatable bonds is 4. The van der Waals surface area contributed by atoms with Crippen LogP contribution in [0.2, 0.25) is 0 Å². The highest BCUT2D eigenvalue weighted by Gasteiger charge is 2.47.